The zero-order chi connectivity index (χ0) is 18.5. The standard InChI is InChI=1S/C19H15BrN2O3S/c1-12(19(23)21-15-9-3-2-8-14(15)20)22-16-10-4-6-13-7-5-11-17(18(13)16)26(22,24)25/h2-12H,1H3,(H,21,23)/t12-/m1/s1. The summed E-state index contributed by atoms with van der Waals surface area (Å²) in [6.07, 6.45) is 0. The van der Waals surface area contributed by atoms with Crippen LogP contribution in [0, 0.1) is 0 Å². The summed E-state index contributed by atoms with van der Waals surface area (Å²) in [6.45, 7) is 1.59. The summed E-state index contributed by atoms with van der Waals surface area (Å²) in [5.74, 6) is -0.398. The predicted octanol–water partition coefficient (Wildman–Crippen LogP) is 4.14. The van der Waals surface area contributed by atoms with Crippen LogP contribution in [-0.2, 0) is 14.8 Å². The summed E-state index contributed by atoms with van der Waals surface area (Å²) in [6, 6.07) is 16.9. The first kappa shape index (κ1) is 17.1. The topological polar surface area (TPSA) is 66.5 Å². The minimum absolute atomic E-state index is 0.242. The molecule has 0 unspecified atom stereocenters. The van der Waals surface area contributed by atoms with E-state index in [0.29, 0.717) is 16.8 Å². The largest absolute Gasteiger partial charge is 0.323 e. The van der Waals surface area contributed by atoms with E-state index in [0.717, 1.165) is 9.86 Å². The fourth-order valence-electron chi connectivity index (χ4n) is 3.24. The first-order chi connectivity index (χ1) is 12.4. The third-order valence-electron chi connectivity index (χ3n) is 4.48. The Bertz CT molecular complexity index is 1140. The van der Waals surface area contributed by atoms with Crippen molar-refractivity contribution in [2.24, 2.45) is 0 Å². The Morgan fingerprint density at radius 1 is 1.04 bits per heavy atom. The number of hydrogen-bond donors (Lipinski definition) is 1. The number of anilines is 2. The Hall–Kier alpha value is -2.38. The molecular weight excluding hydrogens is 416 g/mol. The van der Waals surface area contributed by atoms with E-state index < -0.39 is 22.0 Å². The Kier molecular flexibility index (Phi) is 4.00. The second-order valence-electron chi connectivity index (χ2n) is 6.08. The van der Waals surface area contributed by atoms with Gasteiger partial charge in [-0.3, -0.25) is 9.10 Å². The number of nitrogens with one attached hydrogen (secondary N) is 1. The van der Waals surface area contributed by atoms with E-state index in [-0.39, 0.29) is 4.90 Å². The number of sulfonamides is 1. The molecule has 26 heavy (non-hydrogen) atoms. The van der Waals surface area contributed by atoms with Crippen LogP contribution in [0.2, 0.25) is 0 Å². The van der Waals surface area contributed by atoms with Gasteiger partial charge in [0.05, 0.1) is 16.3 Å². The predicted molar refractivity (Wildman–Crippen MR) is 106 cm³/mol. The molecule has 132 valence electrons. The van der Waals surface area contributed by atoms with Gasteiger partial charge in [-0.2, -0.15) is 0 Å². The molecule has 0 bridgehead atoms. The van der Waals surface area contributed by atoms with Crippen LogP contribution in [0.15, 0.2) is 70.0 Å². The number of nitrogens with zero attached hydrogens (tertiary/aromatic N) is 1. The molecule has 0 radical (unpaired) electrons. The molecule has 5 nitrogen and oxygen atoms in total. The van der Waals surface area contributed by atoms with Crippen molar-refractivity contribution in [1.29, 1.82) is 0 Å². The highest BCUT2D eigenvalue weighted by Gasteiger charge is 2.40. The SMILES string of the molecule is C[C@H](C(=O)Nc1ccccc1Br)N1c2cccc3cccc(c23)S1(=O)=O. The number of rotatable bonds is 3. The van der Waals surface area contributed by atoms with Gasteiger partial charge in [-0.05, 0) is 52.5 Å². The zero-order valence-corrected chi connectivity index (χ0v) is 16.2. The third kappa shape index (κ3) is 2.50. The molecule has 4 rings (SSSR count). The van der Waals surface area contributed by atoms with Gasteiger partial charge in [0.2, 0.25) is 5.91 Å². The second-order valence-corrected chi connectivity index (χ2v) is 8.72. The van der Waals surface area contributed by atoms with Gasteiger partial charge >= 0.3 is 0 Å². The number of benzene rings is 3. The zero-order valence-electron chi connectivity index (χ0n) is 13.8. The minimum Gasteiger partial charge on any atom is -0.323 e. The highest BCUT2D eigenvalue weighted by molar-refractivity contribution is 9.10. The molecule has 0 aliphatic carbocycles. The number of halogens is 1. The van der Waals surface area contributed by atoms with Gasteiger partial charge in [0.1, 0.15) is 6.04 Å². The van der Waals surface area contributed by atoms with E-state index in [4.69, 9.17) is 0 Å². The first-order valence-corrected chi connectivity index (χ1v) is 10.3. The monoisotopic (exact) mass is 430 g/mol. The Morgan fingerprint density at radius 2 is 1.73 bits per heavy atom. The summed E-state index contributed by atoms with van der Waals surface area (Å²) in [4.78, 5) is 13.0. The number of carbonyl (C=O) groups excluding carboxylic acids is 1. The van der Waals surface area contributed by atoms with Crippen molar-refractivity contribution in [3.05, 3.63) is 65.1 Å². The molecule has 3 aromatic carbocycles. The molecule has 1 aliphatic heterocycles. The van der Waals surface area contributed by atoms with Crippen molar-refractivity contribution in [3.63, 3.8) is 0 Å². The van der Waals surface area contributed by atoms with E-state index in [1.165, 1.54) is 4.31 Å². The maximum Gasteiger partial charge on any atom is 0.265 e. The summed E-state index contributed by atoms with van der Waals surface area (Å²) >= 11 is 3.38. The van der Waals surface area contributed by atoms with Gasteiger partial charge in [-0.1, -0.05) is 36.4 Å². The van der Waals surface area contributed by atoms with Gasteiger partial charge < -0.3 is 5.32 Å². The average Bonchev–Trinajstić information content (AvgIpc) is 2.85. The van der Waals surface area contributed by atoms with Crippen LogP contribution in [0.4, 0.5) is 11.4 Å². The Morgan fingerprint density at radius 3 is 2.46 bits per heavy atom. The molecule has 1 heterocycles. The van der Waals surface area contributed by atoms with E-state index in [1.807, 2.05) is 24.3 Å². The minimum atomic E-state index is -3.78. The molecule has 7 heteroatoms. The van der Waals surface area contributed by atoms with Crippen molar-refractivity contribution in [1.82, 2.24) is 0 Å². The summed E-state index contributed by atoms with van der Waals surface area (Å²) < 4.78 is 28.1. The highest BCUT2D eigenvalue weighted by atomic mass is 79.9. The smallest absolute Gasteiger partial charge is 0.265 e. The fourth-order valence-corrected chi connectivity index (χ4v) is 5.49. The van der Waals surface area contributed by atoms with Gasteiger partial charge in [-0.25, -0.2) is 8.42 Å². The lowest BCUT2D eigenvalue weighted by atomic mass is 10.1. The number of hydrogen-bond acceptors (Lipinski definition) is 3. The van der Waals surface area contributed by atoms with Gasteiger partial charge in [0.25, 0.3) is 10.0 Å². The average molecular weight is 431 g/mol. The molecule has 0 fully saturated rings. The van der Waals surface area contributed by atoms with Gasteiger partial charge in [0.15, 0.2) is 0 Å². The summed E-state index contributed by atoms with van der Waals surface area (Å²) in [7, 11) is -3.78. The number of para-hydroxylation sites is 1. The summed E-state index contributed by atoms with van der Waals surface area (Å²) in [5.41, 5.74) is 1.13. The van der Waals surface area contributed by atoms with Crippen LogP contribution in [0.3, 0.4) is 0 Å². The quantitative estimate of drug-likeness (QED) is 0.678. The van der Waals surface area contributed by atoms with Crippen molar-refractivity contribution >= 4 is 54.0 Å². The molecule has 1 N–H and O–H groups in total. The van der Waals surface area contributed by atoms with Crippen LogP contribution in [-0.4, -0.2) is 20.4 Å². The molecule has 1 amide bonds. The van der Waals surface area contributed by atoms with Crippen molar-refractivity contribution in [2.45, 2.75) is 17.9 Å². The van der Waals surface area contributed by atoms with Crippen LogP contribution in [0.25, 0.3) is 10.8 Å². The molecule has 1 atom stereocenters. The highest BCUT2D eigenvalue weighted by Crippen LogP contribution is 2.43. The molecule has 1 aliphatic rings. The van der Waals surface area contributed by atoms with Crippen LogP contribution >= 0.6 is 15.9 Å². The molecular formula is C19H15BrN2O3S. The lowest BCUT2D eigenvalue weighted by Gasteiger charge is -2.25. The summed E-state index contributed by atoms with van der Waals surface area (Å²) in [5, 5.41) is 4.29. The third-order valence-corrected chi connectivity index (χ3v) is 7.10. The van der Waals surface area contributed by atoms with Crippen molar-refractivity contribution in [2.75, 3.05) is 9.62 Å². The Labute approximate surface area is 159 Å². The molecule has 0 aromatic heterocycles. The van der Waals surface area contributed by atoms with Gasteiger partial charge in [-0.15, -0.1) is 0 Å². The Balaban J connectivity index is 1.75. The number of amides is 1. The maximum atomic E-state index is 13.1. The molecule has 0 spiro atoms. The van der Waals surface area contributed by atoms with E-state index in [2.05, 4.69) is 21.2 Å². The normalized spacial score (nSPS) is 15.8. The molecule has 0 saturated heterocycles. The van der Waals surface area contributed by atoms with Crippen LogP contribution in [0.5, 0.6) is 0 Å². The van der Waals surface area contributed by atoms with Crippen LogP contribution in [0.1, 0.15) is 6.92 Å². The second kappa shape index (κ2) is 6.10. The lowest BCUT2D eigenvalue weighted by Crippen LogP contribution is -2.44. The van der Waals surface area contributed by atoms with E-state index in [1.54, 1.807) is 43.3 Å². The van der Waals surface area contributed by atoms with Crippen LogP contribution < -0.4 is 9.62 Å². The first-order valence-electron chi connectivity index (χ1n) is 8.03. The van der Waals surface area contributed by atoms with Gasteiger partial charge in [0, 0.05) is 9.86 Å². The molecule has 3 aromatic rings. The fraction of sp³-hybridized carbons (Fsp3) is 0.105. The number of carbonyl (C=O) groups is 1. The van der Waals surface area contributed by atoms with E-state index >= 15 is 0 Å². The van der Waals surface area contributed by atoms with Crippen molar-refractivity contribution < 1.29 is 13.2 Å². The van der Waals surface area contributed by atoms with E-state index in [9.17, 15) is 13.2 Å². The maximum absolute atomic E-state index is 13.1. The molecule has 0 saturated carbocycles. The van der Waals surface area contributed by atoms with Crippen molar-refractivity contribution in [3.8, 4) is 0 Å². The lowest BCUT2D eigenvalue weighted by molar-refractivity contribution is -0.116.